The number of para-hydroxylation sites is 1. The highest BCUT2D eigenvalue weighted by Gasteiger charge is 2.16. The summed E-state index contributed by atoms with van der Waals surface area (Å²) in [5, 5.41) is 5.49. The molecule has 2 rings (SSSR count). The molecule has 132 valence electrons. The fourth-order valence-corrected chi connectivity index (χ4v) is 2.43. The maximum atomic E-state index is 12.0. The normalized spacial score (nSPS) is 10.0. The van der Waals surface area contributed by atoms with E-state index in [-0.39, 0.29) is 0 Å². The highest BCUT2D eigenvalue weighted by Crippen LogP contribution is 2.27. The molecule has 2 aromatic rings. The molecular weight excluding hydrogens is 344 g/mol. The van der Waals surface area contributed by atoms with Crippen molar-refractivity contribution in [2.75, 3.05) is 26.1 Å². The van der Waals surface area contributed by atoms with Crippen LogP contribution >= 0.6 is 11.6 Å². The number of carbonyl (C=O) groups excluding carboxylic acids is 2. The van der Waals surface area contributed by atoms with Gasteiger partial charge >= 0.3 is 11.8 Å². The smallest absolute Gasteiger partial charge is 0.313 e. The van der Waals surface area contributed by atoms with E-state index in [1.54, 1.807) is 19.2 Å². The third kappa shape index (κ3) is 5.12. The molecule has 0 aliphatic heterocycles. The summed E-state index contributed by atoms with van der Waals surface area (Å²) in [4.78, 5) is 24.0. The van der Waals surface area contributed by atoms with Crippen molar-refractivity contribution in [3.63, 3.8) is 0 Å². The highest BCUT2D eigenvalue weighted by atomic mass is 35.5. The van der Waals surface area contributed by atoms with Crippen molar-refractivity contribution in [1.82, 2.24) is 5.32 Å². The Labute approximate surface area is 151 Å². The summed E-state index contributed by atoms with van der Waals surface area (Å²) >= 11 is 5.90. The molecule has 0 fully saturated rings. The first kappa shape index (κ1) is 18.6. The Bertz CT molecular complexity index is 764. The predicted octanol–water partition coefficient (Wildman–Crippen LogP) is 2.65. The third-order valence-corrected chi connectivity index (χ3v) is 3.72. The van der Waals surface area contributed by atoms with E-state index in [0.29, 0.717) is 29.4 Å². The topological polar surface area (TPSA) is 76.7 Å². The van der Waals surface area contributed by atoms with Crippen LogP contribution in [0.15, 0.2) is 42.5 Å². The highest BCUT2D eigenvalue weighted by molar-refractivity contribution is 6.40. The molecule has 0 spiro atoms. The zero-order valence-electron chi connectivity index (χ0n) is 14.0. The lowest BCUT2D eigenvalue weighted by molar-refractivity contribution is -0.136. The van der Waals surface area contributed by atoms with Crippen molar-refractivity contribution in [1.29, 1.82) is 0 Å². The van der Waals surface area contributed by atoms with Crippen molar-refractivity contribution in [2.24, 2.45) is 0 Å². The van der Waals surface area contributed by atoms with Gasteiger partial charge in [-0.1, -0.05) is 29.8 Å². The maximum absolute atomic E-state index is 12.0. The molecule has 0 saturated carbocycles. The number of methoxy groups -OCH3 is 2. The van der Waals surface area contributed by atoms with Crippen LogP contribution in [0.3, 0.4) is 0 Å². The maximum Gasteiger partial charge on any atom is 0.313 e. The number of nitrogens with one attached hydrogen (secondary N) is 2. The van der Waals surface area contributed by atoms with E-state index in [1.165, 1.54) is 13.2 Å². The summed E-state index contributed by atoms with van der Waals surface area (Å²) in [6.45, 7) is 0.305. The minimum absolute atomic E-state index is 0.305. The van der Waals surface area contributed by atoms with Crippen molar-refractivity contribution in [3.8, 4) is 11.5 Å². The molecule has 0 radical (unpaired) electrons. The lowest BCUT2D eigenvalue weighted by Gasteiger charge is -2.11. The van der Waals surface area contributed by atoms with Crippen LogP contribution in [0.5, 0.6) is 11.5 Å². The average molecular weight is 363 g/mol. The lowest BCUT2D eigenvalue weighted by Crippen LogP contribution is -2.36. The van der Waals surface area contributed by atoms with Gasteiger partial charge in [0.1, 0.15) is 11.5 Å². The summed E-state index contributed by atoms with van der Waals surface area (Å²) in [6.07, 6.45) is 0.545. The molecule has 0 aliphatic rings. The molecule has 0 unspecified atom stereocenters. The van der Waals surface area contributed by atoms with E-state index in [2.05, 4.69) is 10.6 Å². The minimum atomic E-state index is -0.791. The van der Waals surface area contributed by atoms with Crippen LogP contribution in [0.4, 0.5) is 5.69 Å². The molecule has 0 aromatic heterocycles. The number of carbonyl (C=O) groups is 2. The predicted molar refractivity (Wildman–Crippen MR) is 96.3 cm³/mol. The second-order valence-corrected chi connectivity index (χ2v) is 5.55. The van der Waals surface area contributed by atoms with Crippen LogP contribution in [-0.4, -0.2) is 32.6 Å². The van der Waals surface area contributed by atoms with Crippen LogP contribution in [0, 0.1) is 0 Å². The monoisotopic (exact) mass is 362 g/mol. The van der Waals surface area contributed by atoms with E-state index >= 15 is 0 Å². The van der Waals surface area contributed by atoms with Gasteiger partial charge in [-0.2, -0.15) is 0 Å². The van der Waals surface area contributed by atoms with Gasteiger partial charge in [0, 0.05) is 11.6 Å². The number of hydrogen-bond donors (Lipinski definition) is 2. The first-order chi connectivity index (χ1) is 12.0. The molecule has 0 heterocycles. The Morgan fingerprint density at radius 3 is 2.44 bits per heavy atom. The Kier molecular flexibility index (Phi) is 6.65. The van der Waals surface area contributed by atoms with Gasteiger partial charge in [0.2, 0.25) is 0 Å². The van der Waals surface area contributed by atoms with E-state index in [1.807, 2.05) is 24.3 Å². The number of amides is 2. The third-order valence-electron chi connectivity index (χ3n) is 3.49. The molecule has 2 aromatic carbocycles. The zero-order valence-corrected chi connectivity index (χ0v) is 14.7. The molecule has 0 saturated heterocycles. The fourth-order valence-electron chi connectivity index (χ4n) is 2.26. The number of benzene rings is 2. The number of rotatable bonds is 6. The first-order valence-electron chi connectivity index (χ1n) is 7.59. The van der Waals surface area contributed by atoms with Crippen molar-refractivity contribution in [3.05, 3.63) is 53.1 Å². The summed E-state index contributed by atoms with van der Waals surface area (Å²) in [7, 11) is 3.05. The molecule has 0 aliphatic carbocycles. The molecule has 0 atom stereocenters. The molecule has 6 nitrogen and oxygen atoms in total. The van der Waals surface area contributed by atoms with Crippen LogP contribution in [0.2, 0.25) is 5.02 Å². The van der Waals surface area contributed by atoms with Crippen molar-refractivity contribution >= 4 is 29.1 Å². The van der Waals surface area contributed by atoms with Crippen molar-refractivity contribution < 1.29 is 19.1 Å². The van der Waals surface area contributed by atoms with E-state index in [9.17, 15) is 9.59 Å². The number of anilines is 1. The zero-order chi connectivity index (χ0) is 18.2. The summed E-state index contributed by atoms with van der Waals surface area (Å²) in [6, 6.07) is 12.3. The van der Waals surface area contributed by atoms with E-state index < -0.39 is 11.8 Å². The molecule has 2 amide bonds. The number of hydrogen-bond acceptors (Lipinski definition) is 4. The molecule has 2 N–H and O–H groups in total. The number of ether oxygens (including phenoxy) is 2. The van der Waals surface area contributed by atoms with E-state index in [0.717, 1.165) is 11.3 Å². The summed E-state index contributed by atoms with van der Waals surface area (Å²) in [5.41, 5.74) is 1.28. The number of halogens is 1. The Morgan fingerprint density at radius 2 is 1.72 bits per heavy atom. The van der Waals surface area contributed by atoms with Gasteiger partial charge in [0.25, 0.3) is 0 Å². The van der Waals surface area contributed by atoms with Gasteiger partial charge in [-0.3, -0.25) is 9.59 Å². The van der Waals surface area contributed by atoms with Gasteiger partial charge in [0.05, 0.1) is 19.9 Å². The fraction of sp³-hybridized carbons (Fsp3) is 0.222. The van der Waals surface area contributed by atoms with Crippen LogP contribution in [-0.2, 0) is 16.0 Å². The quantitative estimate of drug-likeness (QED) is 0.774. The Hall–Kier alpha value is -2.73. The van der Waals surface area contributed by atoms with Gasteiger partial charge in [-0.15, -0.1) is 0 Å². The summed E-state index contributed by atoms with van der Waals surface area (Å²) < 4.78 is 10.4. The van der Waals surface area contributed by atoms with Crippen LogP contribution in [0.1, 0.15) is 5.56 Å². The molecule has 25 heavy (non-hydrogen) atoms. The molecule has 0 bridgehead atoms. The van der Waals surface area contributed by atoms with Gasteiger partial charge in [-0.05, 0) is 36.2 Å². The SMILES string of the molecule is COc1ccccc1CCNC(=O)C(=O)Nc1cc(Cl)ccc1OC. The lowest BCUT2D eigenvalue weighted by atomic mass is 10.1. The minimum Gasteiger partial charge on any atom is -0.496 e. The Morgan fingerprint density at radius 1 is 1.00 bits per heavy atom. The molecular formula is C18H19ClN2O4. The van der Waals surface area contributed by atoms with Gasteiger partial charge in [0.15, 0.2) is 0 Å². The van der Waals surface area contributed by atoms with E-state index in [4.69, 9.17) is 21.1 Å². The van der Waals surface area contributed by atoms with Gasteiger partial charge in [-0.25, -0.2) is 0 Å². The first-order valence-corrected chi connectivity index (χ1v) is 7.97. The molecule has 7 heteroatoms. The second-order valence-electron chi connectivity index (χ2n) is 5.12. The summed E-state index contributed by atoms with van der Waals surface area (Å²) in [5.74, 6) is -0.373. The average Bonchev–Trinajstić information content (AvgIpc) is 2.62. The largest absolute Gasteiger partial charge is 0.496 e. The standard InChI is InChI=1S/C18H19ClN2O4/c1-24-15-6-4-3-5-12(15)9-10-20-17(22)18(23)21-14-11-13(19)7-8-16(14)25-2/h3-8,11H,9-10H2,1-2H3,(H,20,22)(H,21,23). The van der Waals surface area contributed by atoms with Crippen LogP contribution in [0.25, 0.3) is 0 Å². The second kappa shape index (κ2) is 8.94. The van der Waals surface area contributed by atoms with Gasteiger partial charge < -0.3 is 20.1 Å². The van der Waals surface area contributed by atoms with Crippen LogP contribution < -0.4 is 20.1 Å². The Balaban J connectivity index is 1.91. The van der Waals surface area contributed by atoms with Crippen molar-refractivity contribution in [2.45, 2.75) is 6.42 Å².